The highest BCUT2D eigenvalue weighted by molar-refractivity contribution is 5.91. The number of esters is 1. The third-order valence-electron chi connectivity index (χ3n) is 3.39. The van der Waals surface area contributed by atoms with Gasteiger partial charge in [-0.05, 0) is 5.56 Å². The number of carbonyl (C=O) groups excluding carboxylic acids is 1. The molecule has 0 aliphatic carbocycles. The van der Waals surface area contributed by atoms with Crippen LogP contribution >= 0.6 is 0 Å². The molecule has 0 amide bonds. The van der Waals surface area contributed by atoms with Crippen LogP contribution in [0, 0.1) is 16.7 Å². The Kier molecular flexibility index (Phi) is 8.19. The molecule has 1 unspecified atom stereocenters. The largest absolute Gasteiger partial charge is 0.458 e. The molecule has 1 atom stereocenters. The van der Waals surface area contributed by atoms with Crippen molar-refractivity contribution in [2.45, 2.75) is 0 Å². The monoisotopic (exact) mass is 331 g/mol. The summed E-state index contributed by atoms with van der Waals surface area (Å²) < 4.78 is 5.10. The summed E-state index contributed by atoms with van der Waals surface area (Å²) in [4.78, 5) is 12.3. The molecule has 3 nitrogen and oxygen atoms in total. The summed E-state index contributed by atoms with van der Waals surface area (Å²) in [5.74, 6) is -0.561. The van der Waals surface area contributed by atoms with E-state index in [0.29, 0.717) is 0 Å². The van der Waals surface area contributed by atoms with Crippen LogP contribution in [0.1, 0.15) is 5.56 Å². The van der Waals surface area contributed by atoms with Gasteiger partial charge in [-0.3, -0.25) is 0 Å². The highest BCUT2D eigenvalue weighted by Gasteiger charge is 2.30. The zero-order valence-electron chi connectivity index (χ0n) is 14.1. The van der Waals surface area contributed by atoms with Crippen molar-refractivity contribution in [1.29, 1.82) is 5.26 Å². The van der Waals surface area contributed by atoms with Gasteiger partial charge >= 0.3 is 5.97 Å². The van der Waals surface area contributed by atoms with Crippen molar-refractivity contribution in [3.05, 3.63) is 104 Å². The minimum atomic E-state index is -1.00. The van der Waals surface area contributed by atoms with Crippen molar-refractivity contribution in [1.82, 2.24) is 0 Å². The first-order chi connectivity index (χ1) is 12.1. The quantitative estimate of drug-likeness (QED) is 0.215. The zero-order valence-corrected chi connectivity index (χ0v) is 14.1. The van der Waals surface area contributed by atoms with E-state index < -0.39 is 11.4 Å². The Labute approximate surface area is 149 Å². The minimum Gasteiger partial charge on any atom is -0.458 e. The number of rotatable bonds is 9. The van der Waals surface area contributed by atoms with Crippen molar-refractivity contribution in [3.8, 4) is 6.07 Å². The molecule has 0 aliphatic rings. The summed E-state index contributed by atoms with van der Waals surface area (Å²) >= 11 is 0. The number of ether oxygens (including phenoxy) is 1. The van der Waals surface area contributed by atoms with E-state index >= 15 is 0 Å². The van der Waals surface area contributed by atoms with Gasteiger partial charge in [0, 0.05) is 11.6 Å². The molecule has 0 bridgehead atoms. The molecular weight excluding hydrogens is 310 g/mol. The van der Waals surface area contributed by atoms with E-state index in [1.807, 2.05) is 42.5 Å². The minimum absolute atomic E-state index is 0.0868. The molecule has 1 aromatic rings. The van der Waals surface area contributed by atoms with E-state index in [1.165, 1.54) is 12.2 Å². The average molecular weight is 331 g/mol. The molecule has 0 saturated heterocycles. The van der Waals surface area contributed by atoms with Crippen molar-refractivity contribution in [2.75, 3.05) is 6.61 Å². The van der Waals surface area contributed by atoms with Gasteiger partial charge in [0.2, 0.25) is 0 Å². The Morgan fingerprint density at radius 3 is 2.52 bits per heavy atom. The summed E-state index contributed by atoms with van der Waals surface area (Å²) in [5, 5.41) is 8.94. The first-order valence-electron chi connectivity index (χ1n) is 7.69. The van der Waals surface area contributed by atoms with Gasteiger partial charge in [-0.25, -0.2) is 4.79 Å². The number of nitriles is 1. The SMILES string of the molecule is C=CC=CC(C=CC#N)(C=Cc1ccccc1)C(=C)C(=O)OCC=C. The molecule has 0 spiro atoms. The van der Waals surface area contributed by atoms with Crippen molar-refractivity contribution in [2.24, 2.45) is 5.41 Å². The standard InChI is InChI=1S/C22H21NO2/c1-4-6-14-22(15-10-17-23,19(3)21(24)25-18-5-2)16-13-20-11-8-7-9-12-20/h4-16H,1-3,18H2. The number of nitrogens with zero attached hydrogens (tertiary/aromatic N) is 1. The van der Waals surface area contributed by atoms with E-state index in [0.717, 1.165) is 5.56 Å². The molecule has 3 heteroatoms. The Morgan fingerprint density at radius 1 is 1.20 bits per heavy atom. The second kappa shape index (κ2) is 10.4. The topological polar surface area (TPSA) is 50.1 Å². The molecule has 0 saturated carbocycles. The fourth-order valence-electron chi connectivity index (χ4n) is 2.07. The lowest BCUT2D eigenvalue weighted by Crippen LogP contribution is -2.23. The molecule has 0 aliphatic heterocycles. The fraction of sp³-hybridized carbons (Fsp3) is 0.0909. The third-order valence-corrected chi connectivity index (χ3v) is 3.39. The smallest absolute Gasteiger partial charge is 0.335 e. The lowest BCUT2D eigenvalue weighted by molar-refractivity contribution is -0.138. The maximum atomic E-state index is 12.3. The highest BCUT2D eigenvalue weighted by Crippen LogP contribution is 2.34. The first kappa shape index (κ1) is 19.7. The Hall–Kier alpha value is -3.38. The lowest BCUT2D eigenvalue weighted by atomic mass is 9.79. The van der Waals surface area contributed by atoms with E-state index in [-0.39, 0.29) is 12.2 Å². The van der Waals surface area contributed by atoms with E-state index in [9.17, 15) is 4.79 Å². The molecule has 1 rings (SSSR count). The first-order valence-corrected chi connectivity index (χ1v) is 7.69. The zero-order chi connectivity index (χ0) is 18.5. The molecule has 0 N–H and O–H groups in total. The van der Waals surface area contributed by atoms with Gasteiger partial charge in [0.25, 0.3) is 0 Å². The predicted octanol–water partition coefficient (Wildman–Crippen LogP) is 4.79. The molecule has 0 radical (unpaired) electrons. The number of carbonyl (C=O) groups is 1. The second-order valence-electron chi connectivity index (χ2n) is 5.10. The third kappa shape index (κ3) is 5.96. The van der Waals surface area contributed by atoms with E-state index in [2.05, 4.69) is 19.7 Å². The van der Waals surface area contributed by atoms with Crippen LogP contribution in [0.15, 0.2) is 98.2 Å². The van der Waals surface area contributed by atoms with Gasteiger partial charge in [0.1, 0.15) is 6.61 Å². The summed E-state index contributed by atoms with van der Waals surface area (Å²) in [6.07, 6.45) is 13.1. The van der Waals surface area contributed by atoms with Crippen LogP contribution in [0.3, 0.4) is 0 Å². The molecule has 0 fully saturated rings. The van der Waals surface area contributed by atoms with Gasteiger partial charge in [0.05, 0.1) is 11.5 Å². The fourth-order valence-corrected chi connectivity index (χ4v) is 2.07. The van der Waals surface area contributed by atoms with Crippen LogP contribution in [0.5, 0.6) is 0 Å². The Balaban J connectivity index is 3.35. The van der Waals surface area contributed by atoms with Crippen LogP contribution in [-0.4, -0.2) is 12.6 Å². The predicted molar refractivity (Wildman–Crippen MR) is 102 cm³/mol. The summed E-state index contributed by atoms with van der Waals surface area (Å²) in [6.45, 7) is 11.2. The van der Waals surface area contributed by atoms with Gasteiger partial charge < -0.3 is 4.74 Å². The number of allylic oxidation sites excluding steroid dienone is 6. The van der Waals surface area contributed by atoms with E-state index in [1.54, 1.807) is 30.4 Å². The Bertz CT molecular complexity index is 748. The molecule has 0 heterocycles. The summed E-state index contributed by atoms with van der Waals surface area (Å²) in [5.41, 5.74) is 0.139. The average Bonchev–Trinajstić information content (AvgIpc) is 2.66. The van der Waals surface area contributed by atoms with Gasteiger partial charge in [-0.15, -0.1) is 0 Å². The normalized spacial score (nSPS) is 13.4. The maximum Gasteiger partial charge on any atom is 0.335 e. The molecule has 25 heavy (non-hydrogen) atoms. The van der Waals surface area contributed by atoms with Crippen LogP contribution in [0.25, 0.3) is 6.08 Å². The Morgan fingerprint density at radius 2 is 1.92 bits per heavy atom. The van der Waals surface area contributed by atoms with Crippen LogP contribution < -0.4 is 0 Å². The number of benzene rings is 1. The lowest BCUT2D eigenvalue weighted by Gasteiger charge is -2.25. The highest BCUT2D eigenvalue weighted by atomic mass is 16.5. The molecule has 0 aromatic heterocycles. The molecule has 1 aromatic carbocycles. The maximum absolute atomic E-state index is 12.3. The second-order valence-corrected chi connectivity index (χ2v) is 5.10. The van der Waals surface area contributed by atoms with Gasteiger partial charge in [0.15, 0.2) is 0 Å². The van der Waals surface area contributed by atoms with Gasteiger partial charge in [-0.2, -0.15) is 5.26 Å². The van der Waals surface area contributed by atoms with E-state index in [4.69, 9.17) is 10.00 Å². The van der Waals surface area contributed by atoms with Crippen LogP contribution in [0.4, 0.5) is 0 Å². The van der Waals surface area contributed by atoms with Crippen molar-refractivity contribution in [3.63, 3.8) is 0 Å². The van der Waals surface area contributed by atoms with Crippen molar-refractivity contribution >= 4 is 12.0 Å². The number of hydrogen-bond donors (Lipinski definition) is 0. The molecular formula is C22H21NO2. The summed E-state index contributed by atoms with van der Waals surface area (Å²) in [6, 6.07) is 11.6. The number of hydrogen-bond acceptors (Lipinski definition) is 3. The molecule has 126 valence electrons. The summed E-state index contributed by atoms with van der Waals surface area (Å²) in [7, 11) is 0. The van der Waals surface area contributed by atoms with Crippen molar-refractivity contribution < 1.29 is 9.53 Å². The van der Waals surface area contributed by atoms with Crippen LogP contribution in [-0.2, 0) is 9.53 Å². The van der Waals surface area contributed by atoms with Gasteiger partial charge in [-0.1, -0.05) is 92.6 Å². The van der Waals surface area contributed by atoms with Crippen LogP contribution in [0.2, 0.25) is 0 Å².